The molecule has 0 unspecified atom stereocenters. The fraction of sp³-hybridized carbons (Fsp3) is 0.714. The van der Waals surface area contributed by atoms with Crippen molar-refractivity contribution in [3.63, 3.8) is 0 Å². The van der Waals surface area contributed by atoms with E-state index in [0.29, 0.717) is 0 Å². The Morgan fingerprint density at radius 3 is 1.86 bits per heavy atom. The second-order valence-corrected chi connectivity index (χ2v) is 4.32. The van der Waals surface area contributed by atoms with Crippen LogP contribution in [0.15, 0.2) is 11.9 Å². The highest BCUT2D eigenvalue weighted by Crippen LogP contribution is 2.50. The molecular weight excluding hydrogens is 220 g/mol. The highest BCUT2D eigenvalue weighted by Gasteiger charge is 2.27. The third-order valence-corrected chi connectivity index (χ3v) is 3.16. The second-order valence-electron chi connectivity index (χ2n) is 2.27. The van der Waals surface area contributed by atoms with E-state index in [-0.39, 0.29) is 13.2 Å². The summed E-state index contributed by atoms with van der Waals surface area (Å²) in [5, 5.41) is 0. The lowest BCUT2D eigenvalue weighted by atomic mass is 10.7. The molecule has 0 saturated heterocycles. The maximum absolute atomic E-state index is 12.5. The van der Waals surface area contributed by atoms with Crippen LogP contribution in [0, 0.1) is 0 Å². The van der Waals surface area contributed by atoms with E-state index in [4.69, 9.17) is 0 Å². The smallest absolute Gasteiger partial charge is 0.309 e. The van der Waals surface area contributed by atoms with Gasteiger partial charge in [-0.1, -0.05) is 0 Å². The van der Waals surface area contributed by atoms with Gasteiger partial charge < -0.3 is 9.05 Å². The molecule has 0 bridgehead atoms. The van der Waals surface area contributed by atoms with E-state index in [9.17, 15) is 17.7 Å². The molecule has 0 fully saturated rings. The molecule has 0 aliphatic rings. The first kappa shape index (κ1) is 13.7. The van der Waals surface area contributed by atoms with Crippen molar-refractivity contribution in [1.29, 1.82) is 0 Å². The normalized spacial score (nSPS) is 11.5. The van der Waals surface area contributed by atoms with Gasteiger partial charge in [0.2, 0.25) is 0 Å². The molecule has 0 aliphatic carbocycles. The van der Waals surface area contributed by atoms with Crippen molar-refractivity contribution >= 4 is 7.60 Å². The summed E-state index contributed by atoms with van der Waals surface area (Å²) >= 11 is 0. The summed E-state index contributed by atoms with van der Waals surface area (Å²) in [7, 11) is -3.74. The molecule has 0 atom stereocenters. The topological polar surface area (TPSA) is 35.5 Å². The quantitative estimate of drug-likeness (QED) is 0.659. The molecule has 0 amide bonds. The molecule has 3 nitrogen and oxygen atoms in total. The van der Waals surface area contributed by atoms with E-state index in [1.807, 2.05) is 0 Å². The van der Waals surface area contributed by atoms with Gasteiger partial charge in [-0.25, -0.2) is 4.39 Å². The maximum Gasteiger partial charge on any atom is 0.337 e. The van der Waals surface area contributed by atoms with Gasteiger partial charge in [0, 0.05) is 0 Å². The van der Waals surface area contributed by atoms with E-state index in [2.05, 4.69) is 9.05 Å². The minimum absolute atomic E-state index is 0.0124. The molecule has 84 valence electrons. The predicted molar refractivity (Wildman–Crippen MR) is 46.1 cm³/mol. The van der Waals surface area contributed by atoms with Crippen LogP contribution in [0.1, 0.15) is 13.8 Å². The molecule has 0 aromatic heterocycles. The SMILES string of the molecule is CCOP(=O)(CC(F)=C(F)F)OCC. The molecule has 0 aromatic carbocycles. The van der Waals surface area contributed by atoms with Crippen molar-refractivity contribution in [3.05, 3.63) is 11.9 Å². The van der Waals surface area contributed by atoms with Crippen LogP contribution in [0.4, 0.5) is 13.2 Å². The highest BCUT2D eigenvalue weighted by atomic mass is 31.2. The van der Waals surface area contributed by atoms with Crippen LogP contribution in [-0.4, -0.2) is 19.4 Å². The summed E-state index contributed by atoms with van der Waals surface area (Å²) in [6.45, 7) is 3.05. The summed E-state index contributed by atoms with van der Waals surface area (Å²) in [6, 6.07) is 0. The number of hydrogen-bond acceptors (Lipinski definition) is 3. The largest absolute Gasteiger partial charge is 0.337 e. The molecule has 0 aromatic rings. The van der Waals surface area contributed by atoms with Crippen LogP contribution in [0.5, 0.6) is 0 Å². The van der Waals surface area contributed by atoms with Crippen LogP contribution in [0.3, 0.4) is 0 Å². The maximum atomic E-state index is 12.5. The average molecular weight is 232 g/mol. The molecule has 0 rings (SSSR count). The van der Waals surface area contributed by atoms with Crippen molar-refractivity contribution in [2.45, 2.75) is 13.8 Å². The van der Waals surface area contributed by atoms with E-state index < -0.39 is 25.7 Å². The molecule has 0 N–H and O–H groups in total. The van der Waals surface area contributed by atoms with E-state index >= 15 is 0 Å². The Balaban J connectivity index is 4.52. The minimum Gasteiger partial charge on any atom is -0.309 e. The number of halogens is 3. The number of allylic oxidation sites excluding steroid dienone is 1. The van der Waals surface area contributed by atoms with Crippen molar-refractivity contribution in [2.24, 2.45) is 0 Å². The first-order valence-electron chi connectivity index (χ1n) is 4.03. The van der Waals surface area contributed by atoms with Gasteiger partial charge in [-0.15, -0.1) is 0 Å². The van der Waals surface area contributed by atoms with Gasteiger partial charge in [0.05, 0.1) is 13.2 Å². The molecule has 7 heteroatoms. The molecule has 0 heterocycles. The van der Waals surface area contributed by atoms with Crippen molar-refractivity contribution in [2.75, 3.05) is 19.4 Å². The molecule has 0 spiro atoms. The van der Waals surface area contributed by atoms with Gasteiger partial charge in [0.1, 0.15) is 6.16 Å². The molecular formula is C7H12F3O3P. The fourth-order valence-electron chi connectivity index (χ4n) is 0.752. The third kappa shape index (κ3) is 4.79. The Kier molecular flexibility index (Phi) is 6.08. The summed E-state index contributed by atoms with van der Waals surface area (Å²) in [5.74, 6) is -1.75. The minimum atomic E-state index is -3.74. The number of hydrogen-bond donors (Lipinski definition) is 0. The van der Waals surface area contributed by atoms with E-state index in [1.54, 1.807) is 0 Å². The Morgan fingerprint density at radius 1 is 1.14 bits per heavy atom. The van der Waals surface area contributed by atoms with Gasteiger partial charge in [-0.05, 0) is 13.8 Å². The van der Waals surface area contributed by atoms with Gasteiger partial charge in [0.15, 0.2) is 5.83 Å². The van der Waals surface area contributed by atoms with Gasteiger partial charge >= 0.3 is 13.7 Å². The molecule has 0 aliphatic heterocycles. The van der Waals surface area contributed by atoms with E-state index in [0.717, 1.165) is 0 Å². The van der Waals surface area contributed by atoms with E-state index in [1.165, 1.54) is 13.8 Å². The van der Waals surface area contributed by atoms with Crippen LogP contribution in [0.2, 0.25) is 0 Å². The Labute approximate surface area is 80.4 Å². The first-order valence-corrected chi connectivity index (χ1v) is 5.75. The molecule has 14 heavy (non-hydrogen) atoms. The summed E-state index contributed by atoms with van der Waals surface area (Å²) in [6.07, 6.45) is -3.51. The van der Waals surface area contributed by atoms with Gasteiger partial charge in [0.25, 0.3) is 0 Å². The Hall–Kier alpha value is -0.320. The Bertz CT molecular complexity index is 241. The zero-order valence-electron chi connectivity index (χ0n) is 7.93. The highest BCUT2D eigenvalue weighted by molar-refractivity contribution is 7.54. The Morgan fingerprint density at radius 2 is 1.57 bits per heavy atom. The fourth-order valence-corrected chi connectivity index (χ4v) is 2.26. The summed E-state index contributed by atoms with van der Waals surface area (Å²) in [4.78, 5) is 0. The lowest BCUT2D eigenvalue weighted by molar-refractivity contribution is 0.219. The third-order valence-electron chi connectivity index (χ3n) is 1.19. The summed E-state index contributed by atoms with van der Waals surface area (Å²) in [5.41, 5.74) is 0. The molecule has 0 saturated carbocycles. The lowest BCUT2D eigenvalue weighted by Gasteiger charge is -2.15. The zero-order chi connectivity index (χ0) is 11.2. The summed E-state index contributed by atoms with van der Waals surface area (Å²) < 4.78 is 56.6. The van der Waals surface area contributed by atoms with Crippen LogP contribution < -0.4 is 0 Å². The van der Waals surface area contributed by atoms with Crippen LogP contribution >= 0.6 is 7.60 Å². The predicted octanol–water partition coefficient (Wildman–Crippen LogP) is 3.33. The average Bonchev–Trinajstić information content (AvgIpc) is 2.04. The van der Waals surface area contributed by atoms with Crippen molar-refractivity contribution in [3.8, 4) is 0 Å². The second kappa shape index (κ2) is 6.22. The van der Waals surface area contributed by atoms with Gasteiger partial charge in [-0.2, -0.15) is 8.78 Å². The standard InChI is InChI=1S/C7H12F3O3P/c1-3-12-14(11,13-4-2)5-6(8)7(9)10/h3-5H2,1-2H3. The monoisotopic (exact) mass is 232 g/mol. The zero-order valence-corrected chi connectivity index (χ0v) is 8.82. The molecule has 0 radical (unpaired) electrons. The van der Waals surface area contributed by atoms with Crippen molar-refractivity contribution < 1.29 is 26.8 Å². The first-order chi connectivity index (χ1) is 6.45. The lowest BCUT2D eigenvalue weighted by Crippen LogP contribution is -2.01. The van der Waals surface area contributed by atoms with Crippen LogP contribution in [0.25, 0.3) is 0 Å². The van der Waals surface area contributed by atoms with Crippen molar-refractivity contribution in [1.82, 2.24) is 0 Å². The number of rotatable bonds is 6. The van der Waals surface area contributed by atoms with Crippen LogP contribution in [-0.2, 0) is 13.6 Å². The van der Waals surface area contributed by atoms with Gasteiger partial charge in [-0.3, -0.25) is 4.57 Å².